The second-order valence-electron chi connectivity index (χ2n) is 16.0. The molecule has 4 heteroatoms. The molecule has 52 heavy (non-hydrogen) atoms. The molecular weight excluding hydrogens is 655 g/mol. The molecule has 1 aliphatic heterocycles. The maximum Gasteiger partial charge on any atom is 0.207 e. The van der Waals surface area contributed by atoms with Crippen LogP contribution >= 0.6 is 0 Å². The van der Waals surface area contributed by atoms with Crippen LogP contribution in [-0.4, -0.2) is 8.42 Å². The first kappa shape index (κ1) is 31.8. The Kier molecular flexibility index (Phi) is 7.05. The van der Waals surface area contributed by atoms with Gasteiger partial charge in [0.15, 0.2) is 0 Å². The number of fused-ring (bicyclic) bond motifs is 5. The fourth-order valence-electron chi connectivity index (χ4n) is 10.9. The van der Waals surface area contributed by atoms with E-state index in [9.17, 15) is 8.42 Å². The maximum absolute atomic E-state index is 14.6. The monoisotopic (exact) mass is 697 g/mol. The zero-order chi connectivity index (χ0) is 35.2. The van der Waals surface area contributed by atoms with E-state index in [1.807, 2.05) is 18.2 Å². The second kappa shape index (κ2) is 11.5. The lowest BCUT2D eigenvalue weighted by Gasteiger charge is -2.56. The van der Waals surface area contributed by atoms with Crippen LogP contribution in [0.1, 0.15) is 74.6 Å². The molecule has 4 aliphatic rings. The Morgan fingerprint density at radius 1 is 0.500 bits per heavy atom. The van der Waals surface area contributed by atoms with Gasteiger partial charge in [0.05, 0.1) is 9.79 Å². The maximum atomic E-state index is 14.6. The van der Waals surface area contributed by atoms with Gasteiger partial charge in [0.2, 0.25) is 9.84 Å². The van der Waals surface area contributed by atoms with Crippen molar-refractivity contribution in [2.45, 2.75) is 73.0 Å². The van der Waals surface area contributed by atoms with Crippen LogP contribution in [0.4, 0.5) is 17.1 Å². The Balaban J connectivity index is 1.22. The van der Waals surface area contributed by atoms with Crippen molar-refractivity contribution < 1.29 is 8.42 Å². The van der Waals surface area contributed by atoms with Crippen molar-refractivity contribution in [3.63, 3.8) is 0 Å². The standard InChI is InChI=1S/C48H43NO2S/c1-47(2)41-22-7-6-21-39(41)40-27-25-37(30-43(40)47)49(36-20-10-15-33(29-36)32-13-4-3-5-14-32)38-26-28-46-44(31-38)48(34-16-11-17-35(48)19-12-18-34)42-23-8-9-24-45(42)52(46,50)51/h3-10,13-15,20-31,34-35H,11-12,16-19H2,1-2H3. The molecule has 2 fully saturated rings. The minimum absolute atomic E-state index is 0.156. The fraction of sp³-hybridized carbons (Fsp3) is 0.250. The van der Waals surface area contributed by atoms with Gasteiger partial charge >= 0.3 is 0 Å². The van der Waals surface area contributed by atoms with Gasteiger partial charge < -0.3 is 4.90 Å². The first-order chi connectivity index (χ1) is 25.3. The number of nitrogens with zero attached hydrogens (tertiary/aromatic N) is 1. The van der Waals surface area contributed by atoms with Gasteiger partial charge in [-0.2, -0.15) is 0 Å². The van der Waals surface area contributed by atoms with E-state index in [1.165, 1.54) is 35.1 Å². The molecule has 3 nitrogen and oxygen atoms in total. The molecular formula is C48H43NO2S. The molecule has 6 aromatic carbocycles. The molecule has 2 saturated carbocycles. The van der Waals surface area contributed by atoms with Crippen LogP contribution in [-0.2, 0) is 20.7 Å². The largest absolute Gasteiger partial charge is 0.310 e. The topological polar surface area (TPSA) is 37.4 Å². The lowest BCUT2D eigenvalue weighted by Crippen LogP contribution is -2.51. The number of hydrogen-bond acceptors (Lipinski definition) is 3. The first-order valence-electron chi connectivity index (χ1n) is 19.0. The quantitative estimate of drug-likeness (QED) is 0.184. The number of anilines is 3. The highest BCUT2D eigenvalue weighted by molar-refractivity contribution is 7.91. The van der Waals surface area contributed by atoms with E-state index in [0.717, 1.165) is 65.0 Å². The molecule has 258 valence electrons. The van der Waals surface area contributed by atoms with Gasteiger partial charge in [-0.3, -0.25) is 0 Å². The van der Waals surface area contributed by atoms with Crippen LogP contribution in [0.25, 0.3) is 22.3 Å². The summed E-state index contributed by atoms with van der Waals surface area (Å²) in [6.07, 6.45) is 6.98. The van der Waals surface area contributed by atoms with E-state index >= 15 is 0 Å². The molecule has 1 heterocycles. The molecule has 3 aliphatic carbocycles. The van der Waals surface area contributed by atoms with Crippen molar-refractivity contribution >= 4 is 26.9 Å². The SMILES string of the molecule is CC1(C)c2ccccc2-c2ccc(N(c3cccc(-c4ccccc4)c3)c3ccc4c(c3)C3(c5ccccc5S4(=O)=O)C4CCCC3CCC4)cc21. The van der Waals surface area contributed by atoms with Crippen LogP contribution in [0.5, 0.6) is 0 Å². The minimum Gasteiger partial charge on any atom is -0.310 e. The smallest absolute Gasteiger partial charge is 0.207 e. The zero-order valence-electron chi connectivity index (χ0n) is 29.8. The van der Waals surface area contributed by atoms with Crippen LogP contribution < -0.4 is 4.90 Å². The van der Waals surface area contributed by atoms with E-state index < -0.39 is 9.84 Å². The van der Waals surface area contributed by atoms with Crippen LogP contribution in [0.3, 0.4) is 0 Å². The Hall–Kier alpha value is -4.93. The summed E-state index contributed by atoms with van der Waals surface area (Å²) in [5, 5.41) is 0. The average molecular weight is 698 g/mol. The molecule has 0 saturated heterocycles. The third kappa shape index (κ3) is 4.40. The van der Waals surface area contributed by atoms with Crippen molar-refractivity contribution in [2.75, 3.05) is 4.90 Å². The summed E-state index contributed by atoms with van der Waals surface area (Å²) in [5.74, 6) is 0.833. The molecule has 10 rings (SSSR count). The Labute approximate surface area is 307 Å². The van der Waals surface area contributed by atoms with Gasteiger partial charge in [-0.25, -0.2) is 8.42 Å². The van der Waals surface area contributed by atoms with Gasteiger partial charge in [-0.15, -0.1) is 0 Å². The number of benzene rings is 6. The third-order valence-electron chi connectivity index (χ3n) is 13.1. The molecule has 0 amide bonds. The normalized spacial score (nSPS) is 22.9. The lowest BCUT2D eigenvalue weighted by molar-refractivity contribution is 0.0783. The first-order valence-corrected chi connectivity index (χ1v) is 20.5. The highest BCUT2D eigenvalue weighted by atomic mass is 32.2. The van der Waals surface area contributed by atoms with Gasteiger partial charge in [0, 0.05) is 27.9 Å². The van der Waals surface area contributed by atoms with Crippen molar-refractivity contribution in [2.24, 2.45) is 11.8 Å². The molecule has 6 aromatic rings. The van der Waals surface area contributed by atoms with E-state index in [1.54, 1.807) is 0 Å². The van der Waals surface area contributed by atoms with E-state index in [4.69, 9.17) is 0 Å². The van der Waals surface area contributed by atoms with Gasteiger partial charge in [-0.05, 0) is 131 Å². The molecule has 1 spiro atoms. The summed E-state index contributed by atoms with van der Waals surface area (Å²) in [5.41, 5.74) is 12.2. The van der Waals surface area contributed by atoms with E-state index in [2.05, 4.69) is 140 Å². The Bertz CT molecular complexity index is 2480. The summed E-state index contributed by atoms with van der Waals surface area (Å²) in [7, 11) is -3.69. The van der Waals surface area contributed by atoms with Gasteiger partial charge in [-0.1, -0.05) is 118 Å². The Morgan fingerprint density at radius 2 is 1.06 bits per heavy atom. The van der Waals surface area contributed by atoms with Gasteiger partial charge in [0.25, 0.3) is 0 Å². The predicted molar refractivity (Wildman–Crippen MR) is 211 cm³/mol. The molecule has 0 N–H and O–H groups in total. The lowest BCUT2D eigenvalue weighted by atomic mass is 9.49. The van der Waals surface area contributed by atoms with Crippen LogP contribution in [0.15, 0.2) is 149 Å². The second-order valence-corrected chi connectivity index (χ2v) is 17.8. The van der Waals surface area contributed by atoms with E-state index in [0.29, 0.717) is 21.6 Å². The molecule has 2 bridgehead atoms. The predicted octanol–water partition coefficient (Wildman–Crippen LogP) is 12.2. The fourth-order valence-corrected chi connectivity index (χ4v) is 12.7. The number of rotatable bonds is 4. The van der Waals surface area contributed by atoms with Crippen molar-refractivity contribution in [1.29, 1.82) is 0 Å². The summed E-state index contributed by atoms with van der Waals surface area (Å²) in [6, 6.07) is 49.3. The molecule has 0 radical (unpaired) electrons. The average Bonchev–Trinajstić information content (AvgIpc) is 3.40. The van der Waals surface area contributed by atoms with E-state index in [-0.39, 0.29) is 10.8 Å². The minimum atomic E-state index is -3.69. The molecule has 0 aromatic heterocycles. The highest BCUT2D eigenvalue weighted by Gasteiger charge is 2.57. The summed E-state index contributed by atoms with van der Waals surface area (Å²) < 4.78 is 29.1. The number of hydrogen-bond donors (Lipinski definition) is 0. The summed E-state index contributed by atoms with van der Waals surface area (Å²) >= 11 is 0. The summed E-state index contributed by atoms with van der Waals surface area (Å²) in [6.45, 7) is 4.66. The molecule has 0 unspecified atom stereocenters. The number of sulfone groups is 1. The van der Waals surface area contributed by atoms with Crippen molar-refractivity contribution in [3.05, 3.63) is 162 Å². The van der Waals surface area contributed by atoms with Crippen LogP contribution in [0, 0.1) is 11.8 Å². The molecule has 0 atom stereocenters. The Morgan fingerprint density at radius 3 is 1.81 bits per heavy atom. The third-order valence-corrected chi connectivity index (χ3v) is 15.0. The summed E-state index contributed by atoms with van der Waals surface area (Å²) in [4.78, 5) is 3.38. The van der Waals surface area contributed by atoms with Gasteiger partial charge in [0.1, 0.15) is 0 Å². The van der Waals surface area contributed by atoms with Crippen molar-refractivity contribution in [3.8, 4) is 22.3 Å². The van der Waals surface area contributed by atoms with Crippen LogP contribution in [0.2, 0.25) is 0 Å². The zero-order valence-corrected chi connectivity index (χ0v) is 30.7. The highest BCUT2D eigenvalue weighted by Crippen LogP contribution is 2.63. The van der Waals surface area contributed by atoms with Crippen molar-refractivity contribution in [1.82, 2.24) is 0 Å².